The second kappa shape index (κ2) is 11.4. The van der Waals surface area contributed by atoms with Crippen molar-refractivity contribution >= 4 is 11.4 Å². The van der Waals surface area contributed by atoms with Crippen LogP contribution < -0.4 is 51.4 Å². The van der Waals surface area contributed by atoms with Crippen molar-refractivity contribution in [3.63, 3.8) is 0 Å². The summed E-state index contributed by atoms with van der Waals surface area (Å²) < 4.78 is 28.6. The van der Waals surface area contributed by atoms with Gasteiger partial charge >= 0.3 is 51.4 Å². The van der Waals surface area contributed by atoms with Gasteiger partial charge in [0.1, 0.15) is 6.10 Å². The van der Waals surface area contributed by atoms with Crippen molar-refractivity contribution < 1.29 is 75.6 Å². The molecule has 0 aliphatic rings. The number of rotatable bonds is 7. The summed E-state index contributed by atoms with van der Waals surface area (Å²) in [5.74, 6) is 0. The molecule has 74 valence electrons. The minimum absolute atomic E-state index is 0. The van der Waals surface area contributed by atoms with Crippen LogP contribution in [0.4, 0.5) is 0 Å². The van der Waals surface area contributed by atoms with Crippen LogP contribution in [0.3, 0.4) is 0 Å². The van der Waals surface area contributed by atoms with Crippen molar-refractivity contribution in [2.75, 3.05) is 19.8 Å². The molecule has 0 heterocycles. The van der Waals surface area contributed by atoms with Crippen LogP contribution in [0.2, 0.25) is 0 Å². The molecule has 0 fully saturated rings. The summed E-state index contributed by atoms with van der Waals surface area (Å²) in [6, 6.07) is 0. The Kier molecular flexibility index (Phi) is 14.8. The maximum Gasteiger partial charge on any atom is 1.00 e. The molecule has 0 bridgehead atoms. The van der Waals surface area contributed by atoms with E-state index in [1.807, 2.05) is 0 Å². The molecule has 5 nitrogen and oxygen atoms in total. The third-order valence-electron chi connectivity index (χ3n) is 0.903. The molecule has 0 saturated heterocycles. The van der Waals surface area contributed by atoms with Gasteiger partial charge < -0.3 is 15.8 Å². The summed E-state index contributed by atoms with van der Waals surface area (Å²) in [7, 11) is 0. The molecule has 0 aromatic heterocycles. The minimum Gasteiger partial charge on any atom is -1.00 e. The Morgan fingerprint density at radius 3 is 2.77 bits per heavy atom. The van der Waals surface area contributed by atoms with Crippen LogP contribution in [0, 0.1) is 0 Å². The molecule has 0 aromatic carbocycles. The first kappa shape index (κ1) is 16.8. The molecule has 0 saturated carbocycles. The first-order valence-electron chi connectivity index (χ1n) is 3.26. The van der Waals surface area contributed by atoms with Crippen molar-refractivity contribution in [2.45, 2.75) is 6.10 Å². The Morgan fingerprint density at radius 2 is 2.31 bits per heavy atom. The topological polar surface area (TPSA) is 78.8 Å². The SMILES string of the molecule is C=CCOCC(O)COS(=O)[O-].[H-].[K+]. The molecule has 0 aromatic rings. The summed E-state index contributed by atoms with van der Waals surface area (Å²) >= 11 is -2.58. The smallest absolute Gasteiger partial charge is 1.00 e. The number of hydrogen-bond donors (Lipinski definition) is 1. The van der Waals surface area contributed by atoms with E-state index in [4.69, 9.17) is 9.84 Å². The van der Waals surface area contributed by atoms with E-state index < -0.39 is 17.5 Å². The van der Waals surface area contributed by atoms with Crippen molar-refractivity contribution in [3.05, 3.63) is 12.7 Å². The Hall–Kier alpha value is 1.37. The average Bonchev–Trinajstić information content (AvgIpc) is 2.01. The van der Waals surface area contributed by atoms with Crippen LogP contribution in [-0.2, 0) is 20.3 Å². The second-order valence-electron chi connectivity index (χ2n) is 1.97. The van der Waals surface area contributed by atoms with Gasteiger partial charge in [0.2, 0.25) is 0 Å². The summed E-state index contributed by atoms with van der Waals surface area (Å²) in [6.07, 6.45) is 0.599. The van der Waals surface area contributed by atoms with Crippen molar-refractivity contribution in [1.29, 1.82) is 0 Å². The molecule has 0 amide bonds. The standard InChI is InChI=1S/C6H12O5S.K.H/c1-2-3-10-4-6(7)5-11-12(8)9;;/h2,6-7H,1,3-5H2,(H,8,9);;/q;+1;-1/p-1. The molecule has 0 spiro atoms. The van der Waals surface area contributed by atoms with Crippen LogP contribution in [0.5, 0.6) is 0 Å². The summed E-state index contributed by atoms with van der Waals surface area (Å²) in [6.45, 7) is 3.46. The van der Waals surface area contributed by atoms with Crippen LogP contribution in [0.25, 0.3) is 0 Å². The van der Waals surface area contributed by atoms with Crippen LogP contribution in [0.1, 0.15) is 1.43 Å². The van der Waals surface area contributed by atoms with Gasteiger partial charge in [-0.1, -0.05) is 6.08 Å². The van der Waals surface area contributed by atoms with Gasteiger partial charge in [-0.15, -0.1) is 6.58 Å². The van der Waals surface area contributed by atoms with E-state index in [2.05, 4.69) is 10.8 Å². The quantitative estimate of drug-likeness (QED) is 0.214. The predicted octanol–water partition coefficient (Wildman–Crippen LogP) is -3.52. The molecule has 13 heavy (non-hydrogen) atoms. The molecular weight excluding hydrogens is 223 g/mol. The zero-order valence-electron chi connectivity index (χ0n) is 8.47. The Labute approximate surface area is 124 Å². The first-order chi connectivity index (χ1) is 5.66. The van der Waals surface area contributed by atoms with E-state index in [1.165, 1.54) is 6.08 Å². The Balaban J connectivity index is -0.000000605. The third-order valence-corrected chi connectivity index (χ3v) is 1.23. The van der Waals surface area contributed by atoms with Crippen molar-refractivity contribution in [2.24, 2.45) is 0 Å². The van der Waals surface area contributed by atoms with Gasteiger partial charge in [-0.3, -0.25) is 4.18 Å². The maximum atomic E-state index is 9.84. The molecule has 0 radical (unpaired) electrons. The summed E-state index contributed by atoms with van der Waals surface area (Å²) in [5.41, 5.74) is 0. The monoisotopic (exact) mass is 235 g/mol. The van der Waals surface area contributed by atoms with Gasteiger partial charge in [-0.2, -0.15) is 0 Å². The van der Waals surface area contributed by atoms with Crippen LogP contribution in [0.15, 0.2) is 12.7 Å². The third kappa shape index (κ3) is 13.4. The largest absolute Gasteiger partial charge is 1.00 e. The fraction of sp³-hybridized carbons (Fsp3) is 0.667. The number of aliphatic hydroxyl groups is 1. The van der Waals surface area contributed by atoms with Gasteiger partial charge in [0.25, 0.3) is 0 Å². The predicted molar refractivity (Wildman–Crippen MR) is 43.0 cm³/mol. The zero-order valence-corrected chi connectivity index (χ0v) is 11.4. The molecule has 2 atom stereocenters. The van der Waals surface area contributed by atoms with E-state index in [0.29, 0.717) is 6.61 Å². The van der Waals surface area contributed by atoms with Crippen molar-refractivity contribution in [3.8, 4) is 0 Å². The fourth-order valence-corrected chi connectivity index (χ4v) is 0.738. The van der Waals surface area contributed by atoms with Crippen LogP contribution in [-0.4, -0.2) is 39.8 Å². The van der Waals surface area contributed by atoms with Gasteiger partial charge in [-0.05, 0) is 0 Å². The maximum absolute atomic E-state index is 9.84. The van der Waals surface area contributed by atoms with E-state index in [1.54, 1.807) is 0 Å². The number of aliphatic hydroxyl groups excluding tert-OH is 1. The van der Waals surface area contributed by atoms with Gasteiger partial charge in [0, 0.05) is 0 Å². The minimum atomic E-state index is -2.58. The van der Waals surface area contributed by atoms with Gasteiger partial charge in [-0.25, -0.2) is 4.21 Å². The first-order valence-corrected chi connectivity index (χ1v) is 4.26. The van der Waals surface area contributed by atoms with Crippen molar-refractivity contribution in [1.82, 2.24) is 0 Å². The fourth-order valence-electron chi connectivity index (χ4n) is 0.470. The molecule has 1 N–H and O–H groups in total. The number of hydrogen-bond acceptors (Lipinski definition) is 5. The Morgan fingerprint density at radius 1 is 1.69 bits per heavy atom. The Bertz CT molecular complexity index is 159. The normalized spacial score (nSPS) is 14.3. The molecule has 0 aliphatic carbocycles. The zero-order chi connectivity index (χ0) is 9.40. The van der Waals surface area contributed by atoms with E-state index in [-0.39, 0.29) is 66.0 Å². The van der Waals surface area contributed by atoms with E-state index in [0.717, 1.165) is 0 Å². The average molecular weight is 235 g/mol. The van der Waals surface area contributed by atoms with Crippen LogP contribution >= 0.6 is 0 Å². The molecule has 0 rings (SSSR count). The molecular formula is C6H12KO5S-. The number of ether oxygens (including phenoxy) is 1. The molecule has 7 heteroatoms. The van der Waals surface area contributed by atoms with Gasteiger partial charge in [0.05, 0.1) is 31.2 Å². The van der Waals surface area contributed by atoms with E-state index in [9.17, 15) is 8.76 Å². The molecule has 2 unspecified atom stereocenters. The summed E-state index contributed by atoms with van der Waals surface area (Å²) in [5, 5.41) is 8.97. The molecule has 0 aliphatic heterocycles. The van der Waals surface area contributed by atoms with E-state index >= 15 is 0 Å². The second-order valence-corrected chi connectivity index (χ2v) is 2.61. The van der Waals surface area contributed by atoms with Gasteiger partial charge in [0.15, 0.2) is 0 Å². The summed E-state index contributed by atoms with van der Waals surface area (Å²) in [4.78, 5) is 0.